The molecule has 1 fully saturated rings. The first-order valence-electron chi connectivity index (χ1n) is 5.95. The van der Waals surface area contributed by atoms with Crippen LogP contribution in [0.15, 0.2) is 24.3 Å². The molecule has 0 saturated carbocycles. The van der Waals surface area contributed by atoms with E-state index in [-0.39, 0.29) is 23.5 Å². The van der Waals surface area contributed by atoms with Crippen LogP contribution in [0.1, 0.15) is 23.2 Å². The lowest BCUT2D eigenvalue weighted by Crippen LogP contribution is -2.41. The lowest BCUT2D eigenvalue weighted by Gasteiger charge is -2.30. The van der Waals surface area contributed by atoms with Gasteiger partial charge in [-0.2, -0.15) is 0 Å². The molecule has 2 rings (SSSR count). The summed E-state index contributed by atoms with van der Waals surface area (Å²) in [5.41, 5.74) is 5.79. The Morgan fingerprint density at radius 3 is 2.22 bits per heavy atom. The molecule has 1 aromatic rings. The van der Waals surface area contributed by atoms with Gasteiger partial charge in [-0.15, -0.1) is 0 Å². The van der Waals surface area contributed by atoms with E-state index in [0.717, 1.165) is 0 Å². The minimum atomic E-state index is -0.285. The lowest BCUT2D eigenvalue weighted by atomic mass is 9.96. The summed E-state index contributed by atoms with van der Waals surface area (Å²) in [6, 6.07) is 6.17. The number of benzene rings is 1. The third-order valence-corrected chi connectivity index (χ3v) is 3.30. The van der Waals surface area contributed by atoms with Crippen LogP contribution in [-0.2, 0) is 4.79 Å². The molecule has 0 radical (unpaired) electrons. The fourth-order valence-electron chi connectivity index (χ4n) is 2.15. The van der Waals surface area contributed by atoms with Crippen LogP contribution in [0.3, 0.4) is 0 Å². The zero-order valence-electron chi connectivity index (χ0n) is 10.0. The Kier molecular flexibility index (Phi) is 3.50. The Morgan fingerprint density at radius 2 is 1.72 bits per heavy atom. The van der Waals surface area contributed by atoms with Crippen LogP contribution in [0.2, 0.25) is 0 Å². The number of piperidine rings is 1. The van der Waals surface area contributed by atoms with Crippen molar-refractivity contribution in [2.45, 2.75) is 12.8 Å². The summed E-state index contributed by atoms with van der Waals surface area (Å²) >= 11 is 0. The fraction of sp³-hybridized carbons (Fsp3) is 0.385. The number of aromatic hydroxyl groups is 1. The number of hydrogen-bond acceptors (Lipinski definition) is 3. The summed E-state index contributed by atoms with van der Waals surface area (Å²) < 4.78 is 0. The molecule has 18 heavy (non-hydrogen) atoms. The summed E-state index contributed by atoms with van der Waals surface area (Å²) in [5, 5.41) is 9.17. The van der Waals surface area contributed by atoms with Gasteiger partial charge in [0, 0.05) is 24.6 Å². The highest BCUT2D eigenvalue weighted by molar-refractivity contribution is 5.94. The van der Waals surface area contributed by atoms with Crippen LogP contribution in [-0.4, -0.2) is 34.9 Å². The van der Waals surface area contributed by atoms with Crippen LogP contribution in [0.4, 0.5) is 0 Å². The highest BCUT2D eigenvalue weighted by Crippen LogP contribution is 2.19. The number of primary amides is 1. The number of amides is 2. The number of rotatable bonds is 2. The highest BCUT2D eigenvalue weighted by atomic mass is 16.3. The minimum absolute atomic E-state index is 0.0714. The third kappa shape index (κ3) is 2.61. The van der Waals surface area contributed by atoms with Gasteiger partial charge in [-0.3, -0.25) is 9.59 Å². The molecule has 3 N–H and O–H groups in total. The van der Waals surface area contributed by atoms with Gasteiger partial charge in [-0.25, -0.2) is 0 Å². The normalized spacial score (nSPS) is 16.6. The molecule has 1 aromatic carbocycles. The maximum absolute atomic E-state index is 12.1. The summed E-state index contributed by atoms with van der Waals surface area (Å²) in [7, 11) is 0. The second-order valence-electron chi connectivity index (χ2n) is 4.52. The second-order valence-corrected chi connectivity index (χ2v) is 4.52. The first-order valence-corrected chi connectivity index (χ1v) is 5.95. The molecule has 1 saturated heterocycles. The molecule has 0 aromatic heterocycles. The van der Waals surface area contributed by atoms with Gasteiger partial charge in [-0.1, -0.05) is 0 Å². The number of hydrogen-bond donors (Lipinski definition) is 2. The van der Waals surface area contributed by atoms with Gasteiger partial charge >= 0.3 is 0 Å². The second kappa shape index (κ2) is 5.08. The van der Waals surface area contributed by atoms with Crippen molar-refractivity contribution in [2.75, 3.05) is 13.1 Å². The van der Waals surface area contributed by atoms with E-state index < -0.39 is 0 Å². The van der Waals surface area contributed by atoms with Crippen LogP contribution in [0.25, 0.3) is 0 Å². The fourth-order valence-corrected chi connectivity index (χ4v) is 2.15. The molecule has 96 valence electrons. The predicted molar refractivity (Wildman–Crippen MR) is 65.9 cm³/mol. The quantitative estimate of drug-likeness (QED) is 0.809. The molecule has 0 spiro atoms. The number of carbonyl (C=O) groups excluding carboxylic acids is 2. The van der Waals surface area contributed by atoms with Gasteiger partial charge in [0.25, 0.3) is 5.91 Å². The standard InChI is InChI=1S/C13H16N2O3/c14-12(17)9-5-7-15(8-6-9)13(18)10-1-3-11(16)4-2-10/h1-4,9,16H,5-8H2,(H2,14,17). The number of nitrogens with zero attached hydrogens (tertiary/aromatic N) is 1. The summed E-state index contributed by atoms with van der Waals surface area (Å²) in [6.07, 6.45) is 1.25. The number of phenols is 1. The molecule has 0 bridgehead atoms. The maximum Gasteiger partial charge on any atom is 0.253 e. The number of nitrogens with two attached hydrogens (primary N) is 1. The molecule has 2 amide bonds. The van der Waals surface area contributed by atoms with Crippen LogP contribution in [0, 0.1) is 5.92 Å². The zero-order valence-corrected chi connectivity index (χ0v) is 10.0. The SMILES string of the molecule is NC(=O)C1CCN(C(=O)c2ccc(O)cc2)CC1. The van der Waals surface area contributed by atoms with E-state index >= 15 is 0 Å². The molecular weight excluding hydrogens is 232 g/mol. The van der Waals surface area contributed by atoms with Gasteiger partial charge in [0.1, 0.15) is 5.75 Å². The summed E-state index contributed by atoms with van der Waals surface area (Å²) in [5.74, 6) is -0.336. The molecule has 5 nitrogen and oxygen atoms in total. The molecule has 0 unspecified atom stereocenters. The van der Waals surface area contributed by atoms with E-state index in [4.69, 9.17) is 10.8 Å². The topological polar surface area (TPSA) is 83.6 Å². The summed E-state index contributed by atoms with van der Waals surface area (Å²) in [4.78, 5) is 24.9. The molecule has 1 aliphatic rings. The van der Waals surface area contributed by atoms with Crippen molar-refractivity contribution in [3.8, 4) is 5.75 Å². The van der Waals surface area contributed by atoms with Gasteiger partial charge in [0.2, 0.25) is 5.91 Å². The van der Waals surface area contributed by atoms with Gasteiger partial charge < -0.3 is 15.7 Å². The van der Waals surface area contributed by atoms with E-state index in [0.29, 0.717) is 31.5 Å². The van der Waals surface area contributed by atoms with Crippen molar-refractivity contribution >= 4 is 11.8 Å². The Hall–Kier alpha value is -2.04. The number of phenolic OH excluding ortho intramolecular Hbond substituents is 1. The van der Waals surface area contributed by atoms with E-state index in [1.807, 2.05) is 0 Å². The van der Waals surface area contributed by atoms with Crippen molar-refractivity contribution in [1.82, 2.24) is 4.90 Å². The largest absolute Gasteiger partial charge is 0.508 e. The van der Waals surface area contributed by atoms with Crippen molar-refractivity contribution in [3.05, 3.63) is 29.8 Å². The third-order valence-electron chi connectivity index (χ3n) is 3.30. The Bertz CT molecular complexity index is 448. The molecule has 5 heteroatoms. The Balaban J connectivity index is 1.99. The van der Waals surface area contributed by atoms with Gasteiger partial charge in [0.15, 0.2) is 0 Å². The highest BCUT2D eigenvalue weighted by Gasteiger charge is 2.26. The zero-order chi connectivity index (χ0) is 13.1. The van der Waals surface area contributed by atoms with Crippen LogP contribution in [0.5, 0.6) is 5.75 Å². The van der Waals surface area contributed by atoms with Crippen molar-refractivity contribution < 1.29 is 14.7 Å². The molecule has 1 aliphatic heterocycles. The Morgan fingerprint density at radius 1 is 1.17 bits per heavy atom. The van der Waals surface area contributed by atoms with E-state index in [1.165, 1.54) is 12.1 Å². The molecule has 1 heterocycles. The van der Waals surface area contributed by atoms with Crippen molar-refractivity contribution in [3.63, 3.8) is 0 Å². The maximum atomic E-state index is 12.1. The first-order chi connectivity index (χ1) is 8.58. The predicted octanol–water partition coefficient (Wildman–Crippen LogP) is 0.730. The van der Waals surface area contributed by atoms with E-state index in [9.17, 15) is 9.59 Å². The smallest absolute Gasteiger partial charge is 0.253 e. The summed E-state index contributed by atoms with van der Waals surface area (Å²) in [6.45, 7) is 1.10. The molecular formula is C13H16N2O3. The average Bonchev–Trinajstić information content (AvgIpc) is 2.39. The van der Waals surface area contributed by atoms with Crippen LogP contribution < -0.4 is 5.73 Å². The monoisotopic (exact) mass is 248 g/mol. The average molecular weight is 248 g/mol. The van der Waals surface area contributed by atoms with Crippen molar-refractivity contribution in [1.29, 1.82) is 0 Å². The van der Waals surface area contributed by atoms with Gasteiger partial charge in [-0.05, 0) is 37.1 Å². The first kappa shape index (κ1) is 12.4. The van der Waals surface area contributed by atoms with E-state index in [2.05, 4.69) is 0 Å². The minimum Gasteiger partial charge on any atom is -0.508 e. The lowest BCUT2D eigenvalue weighted by molar-refractivity contribution is -0.123. The van der Waals surface area contributed by atoms with Gasteiger partial charge in [0.05, 0.1) is 0 Å². The molecule has 0 atom stereocenters. The van der Waals surface area contributed by atoms with E-state index in [1.54, 1.807) is 17.0 Å². The molecule has 0 aliphatic carbocycles. The van der Waals surface area contributed by atoms with Crippen LogP contribution >= 0.6 is 0 Å². The Labute approximate surface area is 105 Å². The van der Waals surface area contributed by atoms with Crippen molar-refractivity contribution in [2.24, 2.45) is 11.7 Å². The number of carbonyl (C=O) groups is 2. The number of likely N-dealkylation sites (tertiary alicyclic amines) is 1.